The lowest BCUT2D eigenvalue weighted by molar-refractivity contribution is -0.145. The molecule has 0 bridgehead atoms. The van der Waals surface area contributed by atoms with Crippen LogP contribution in [0.3, 0.4) is 0 Å². The molecule has 1 aromatic heterocycles. The molecule has 0 radical (unpaired) electrons. The number of carbonyl (C=O) groups excluding carboxylic acids is 2. The zero-order valence-corrected chi connectivity index (χ0v) is 12.6. The van der Waals surface area contributed by atoms with E-state index >= 15 is 0 Å². The highest BCUT2D eigenvalue weighted by Crippen LogP contribution is 2.10. The van der Waals surface area contributed by atoms with Gasteiger partial charge in [0.1, 0.15) is 5.82 Å². The minimum absolute atomic E-state index is 0.168. The second kappa shape index (κ2) is 6.88. The van der Waals surface area contributed by atoms with Crippen molar-refractivity contribution in [3.63, 3.8) is 0 Å². The fraction of sp³-hybridized carbons (Fsp3) is 0.500. The van der Waals surface area contributed by atoms with E-state index in [1.807, 2.05) is 19.0 Å². The van der Waals surface area contributed by atoms with Gasteiger partial charge in [0, 0.05) is 33.9 Å². The van der Waals surface area contributed by atoms with Gasteiger partial charge in [0.25, 0.3) is 5.91 Å². The van der Waals surface area contributed by atoms with Crippen LogP contribution in [0.1, 0.15) is 17.3 Å². The number of hydrogen-bond donors (Lipinski definition) is 0. The summed E-state index contributed by atoms with van der Waals surface area (Å²) >= 11 is 0. The highest BCUT2D eigenvalue weighted by atomic mass is 16.5. The molecule has 0 aromatic carbocycles. The molecule has 1 heterocycles. The summed E-state index contributed by atoms with van der Waals surface area (Å²) in [7, 11) is 6.76. The average Bonchev–Trinajstić information content (AvgIpc) is 2.45. The van der Waals surface area contributed by atoms with Crippen LogP contribution in [0.4, 0.5) is 5.82 Å². The molecule has 1 atom stereocenters. The summed E-state index contributed by atoms with van der Waals surface area (Å²) in [6, 6.07) is 3.51. The smallest absolute Gasteiger partial charge is 0.310 e. The van der Waals surface area contributed by atoms with Crippen molar-refractivity contribution in [2.75, 3.05) is 39.7 Å². The molecule has 0 saturated carbocycles. The van der Waals surface area contributed by atoms with E-state index in [9.17, 15) is 9.59 Å². The number of ether oxygens (including phenoxy) is 1. The molecule has 1 unspecified atom stereocenters. The zero-order valence-electron chi connectivity index (χ0n) is 12.6. The van der Waals surface area contributed by atoms with Gasteiger partial charge in [-0.25, -0.2) is 4.98 Å². The number of methoxy groups -OCH3 is 1. The molecule has 20 heavy (non-hydrogen) atoms. The van der Waals surface area contributed by atoms with Crippen molar-refractivity contribution < 1.29 is 14.3 Å². The number of aromatic nitrogens is 1. The topological polar surface area (TPSA) is 62.7 Å². The molecule has 0 spiro atoms. The third-order valence-corrected chi connectivity index (χ3v) is 2.95. The van der Waals surface area contributed by atoms with Gasteiger partial charge in [0.05, 0.1) is 18.6 Å². The largest absolute Gasteiger partial charge is 0.469 e. The van der Waals surface area contributed by atoms with Gasteiger partial charge >= 0.3 is 5.97 Å². The average molecular weight is 279 g/mol. The van der Waals surface area contributed by atoms with Gasteiger partial charge in [-0.1, -0.05) is 6.92 Å². The summed E-state index contributed by atoms with van der Waals surface area (Å²) in [5, 5.41) is 0. The molecule has 1 amide bonds. The maximum absolute atomic E-state index is 12.2. The Morgan fingerprint density at radius 2 is 1.95 bits per heavy atom. The second-order valence-corrected chi connectivity index (χ2v) is 4.91. The van der Waals surface area contributed by atoms with E-state index < -0.39 is 0 Å². The molecular weight excluding hydrogens is 258 g/mol. The number of amides is 1. The number of pyridine rings is 1. The Labute approximate surface area is 119 Å². The van der Waals surface area contributed by atoms with Crippen LogP contribution in [0.5, 0.6) is 0 Å². The van der Waals surface area contributed by atoms with Crippen molar-refractivity contribution in [2.45, 2.75) is 6.92 Å². The van der Waals surface area contributed by atoms with Crippen LogP contribution < -0.4 is 4.90 Å². The van der Waals surface area contributed by atoms with Gasteiger partial charge in [-0.3, -0.25) is 9.59 Å². The molecule has 0 N–H and O–H groups in total. The van der Waals surface area contributed by atoms with Gasteiger partial charge in [-0.05, 0) is 12.1 Å². The molecule has 0 aliphatic carbocycles. The lowest BCUT2D eigenvalue weighted by Crippen LogP contribution is -2.34. The normalized spacial score (nSPS) is 11.7. The lowest BCUT2D eigenvalue weighted by Gasteiger charge is -2.20. The predicted octanol–water partition coefficient (Wildman–Crippen LogP) is 1.03. The fourth-order valence-electron chi connectivity index (χ4n) is 1.77. The summed E-state index contributed by atoms with van der Waals surface area (Å²) in [4.78, 5) is 31.1. The standard InChI is InChI=1S/C14H21N3O3/c1-10(14(19)20-5)9-17(4)13(18)11-6-7-12(15-8-11)16(2)3/h6-8,10H,9H2,1-5H3. The van der Waals surface area contributed by atoms with Crippen LogP contribution in [0, 0.1) is 5.92 Å². The van der Waals surface area contributed by atoms with E-state index in [0.717, 1.165) is 5.82 Å². The van der Waals surface area contributed by atoms with Gasteiger partial charge < -0.3 is 14.5 Å². The highest BCUT2D eigenvalue weighted by molar-refractivity contribution is 5.94. The summed E-state index contributed by atoms with van der Waals surface area (Å²) in [6.45, 7) is 2.03. The Bertz CT molecular complexity index is 471. The Morgan fingerprint density at radius 3 is 2.40 bits per heavy atom. The number of rotatable bonds is 5. The molecule has 0 aliphatic heterocycles. The molecular formula is C14H21N3O3. The van der Waals surface area contributed by atoms with Crippen LogP contribution in [-0.2, 0) is 9.53 Å². The highest BCUT2D eigenvalue weighted by Gasteiger charge is 2.19. The molecule has 0 saturated heterocycles. The molecule has 1 aromatic rings. The van der Waals surface area contributed by atoms with Crippen LogP contribution >= 0.6 is 0 Å². The third-order valence-electron chi connectivity index (χ3n) is 2.95. The Hall–Kier alpha value is -2.11. The molecule has 0 fully saturated rings. The van der Waals surface area contributed by atoms with E-state index in [0.29, 0.717) is 12.1 Å². The minimum Gasteiger partial charge on any atom is -0.469 e. The molecule has 0 aliphatic rings. The van der Waals surface area contributed by atoms with Crippen molar-refractivity contribution in [3.05, 3.63) is 23.9 Å². The van der Waals surface area contributed by atoms with Crippen LogP contribution in [0.2, 0.25) is 0 Å². The van der Waals surface area contributed by atoms with Crippen LogP contribution in [0.25, 0.3) is 0 Å². The van der Waals surface area contributed by atoms with Gasteiger partial charge in [-0.15, -0.1) is 0 Å². The number of hydrogen-bond acceptors (Lipinski definition) is 5. The quantitative estimate of drug-likeness (QED) is 0.753. The van der Waals surface area contributed by atoms with E-state index in [4.69, 9.17) is 0 Å². The Morgan fingerprint density at radius 1 is 1.30 bits per heavy atom. The van der Waals surface area contributed by atoms with Gasteiger partial charge in [-0.2, -0.15) is 0 Å². The molecule has 6 heteroatoms. The third kappa shape index (κ3) is 3.94. The maximum Gasteiger partial charge on any atom is 0.310 e. The second-order valence-electron chi connectivity index (χ2n) is 4.91. The lowest BCUT2D eigenvalue weighted by atomic mass is 10.1. The maximum atomic E-state index is 12.2. The summed E-state index contributed by atoms with van der Waals surface area (Å²) in [5.74, 6) is -0.0700. The van der Waals surface area contributed by atoms with Gasteiger partial charge in [0.2, 0.25) is 0 Å². The Kier molecular flexibility index (Phi) is 5.49. The number of esters is 1. The van der Waals surface area contributed by atoms with E-state index in [-0.39, 0.29) is 17.8 Å². The SMILES string of the molecule is COC(=O)C(C)CN(C)C(=O)c1ccc(N(C)C)nc1. The molecule has 6 nitrogen and oxygen atoms in total. The van der Waals surface area contributed by atoms with Crippen molar-refractivity contribution in [2.24, 2.45) is 5.92 Å². The Balaban J connectivity index is 2.71. The predicted molar refractivity (Wildman–Crippen MR) is 76.7 cm³/mol. The fourth-order valence-corrected chi connectivity index (χ4v) is 1.77. The first-order chi connectivity index (χ1) is 9.36. The zero-order chi connectivity index (χ0) is 15.3. The van der Waals surface area contributed by atoms with E-state index in [1.54, 1.807) is 26.1 Å². The molecule has 110 valence electrons. The number of carbonyl (C=O) groups is 2. The summed E-state index contributed by atoms with van der Waals surface area (Å²) < 4.78 is 4.65. The number of anilines is 1. The van der Waals surface area contributed by atoms with Crippen molar-refractivity contribution in [3.8, 4) is 0 Å². The first-order valence-electron chi connectivity index (χ1n) is 6.33. The van der Waals surface area contributed by atoms with Gasteiger partial charge in [0.15, 0.2) is 0 Å². The van der Waals surface area contributed by atoms with Crippen LogP contribution in [0.15, 0.2) is 18.3 Å². The summed E-state index contributed by atoms with van der Waals surface area (Å²) in [5.41, 5.74) is 0.496. The first kappa shape index (κ1) is 15.9. The van der Waals surface area contributed by atoms with Crippen molar-refractivity contribution >= 4 is 17.7 Å². The van der Waals surface area contributed by atoms with E-state index in [2.05, 4.69) is 9.72 Å². The minimum atomic E-state index is -0.358. The van der Waals surface area contributed by atoms with Crippen molar-refractivity contribution in [1.82, 2.24) is 9.88 Å². The number of nitrogens with zero attached hydrogens (tertiary/aromatic N) is 3. The monoisotopic (exact) mass is 279 g/mol. The first-order valence-corrected chi connectivity index (χ1v) is 6.33. The van der Waals surface area contributed by atoms with E-state index in [1.165, 1.54) is 18.2 Å². The molecule has 1 rings (SSSR count). The van der Waals surface area contributed by atoms with Crippen LogP contribution in [-0.4, -0.2) is 56.6 Å². The van der Waals surface area contributed by atoms with Crippen molar-refractivity contribution in [1.29, 1.82) is 0 Å². The summed E-state index contributed by atoms with van der Waals surface area (Å²) in [6.07, 6.45) is 1.54.